The molecule has 2 atom stereocenters. The van der Waals surface area contributed by atoms with E-state index in [0.29, 0.717) is 0 Å². The van der Waals surface area contributed by atoms with E-state index in [1.165, 1.54) is 41.4 Å². The Hall–Kier alpha value is -4.50. The summed E-state index contributed by atoms with van der Waals surface area (Å²) in [6.07, 6.45) is -0.101. The number of amides is 3. The number of benzene rings is 2. The van der Waals surface area contributed by atoms with Crippen molar-refractivity contribution in [3.8, 4) is 6.07 Å². The molecule has 0 radical (unpaired) electrons. The maximum absolute atomic E-state index is 15.4. The highest BCUT2D eigenvalue weighted by atomic mass is 35.5. The van der Waals surface area contributed by atoms with Gasteiger partial charge in [0, 0.05) is 54.5 Å². The van der Waals surface area contributed by atoms with Crippen LogP contribution in [0.4, 0.5) is 29.1 Å². The molecule has 0 bridgehead atoms. The SMILES string of the molecule is N#Cc1ccnc(N2C(=O)CC[C@H]2CC(=O)N(c2cccc(F)c2F)[C@H](C(=O)NC2CC(F)(F)C2)c2ccccc2Cl)c1. The van der Waals surface area contributed by atoms with E-state index in [1.54, 1.807) is 6.07 Å². The lowest BCUT2D eigenvalue weighted by Gasteiger charge is -2.38. The van der Waals surface area contributed by atoms with Crippen LogP contribution in [0.15, 0.2) is 60.8 Å². The number of pyridine rings is 1. The molecule has 2 fully saturated rings. The van der Waals surface area contributed by atoms with Crippen molar-refractivity contribution in [1.82, 2.24) is 10.3 Å². The minimum Gasteiger partial charge on any atom is -0.351 e. The minimum absolute atomic E-state index is 0.0198. The third-order valence-corrected chi connectivity index (χ3v) is 7.80. The third-order valence-electron chi connectivity index (χ3n) is 7.46. The molecule has 3 aromatic rings. The Kier molecular flexibility index (Phi) is 8.37. The highest BCUT2D eigenvalue weighted by molar-refractivity contribution is 6.31. The molecule has 43 heavy (non-hydrogen) atoms. The predicted molar refractivity (Wildman–Crippen MR) is 148 cm³/mol. The number of anilines is 2. The summed E-state index contributed by atoms with van der Waals surface area (Å²) in [6.45, 7) is 0. The van der Waals surface area contributed by atoms with E-state index < -0.39 is 72.4 Å². The molecule has 1 saturated heterocycles. The highest BCUT2D eigenvalue weighted by Crippen LogP contribution is 2.40. The molecule has 1 aliphatic carbocycles. The number of nitrogens with one attached hydrogen (secondary N) is 1. The Morgan fingerprint density at radius 3 is 2.60 bits per heavy atom. The molecule has 8 nitrogen and oxygen atoms in total. The Morgan fingerprint density at radius 1 is 1.16 bits per heavy atom. The minimum atomic E-state index is -2.96. The van der Waals surface area contributed by atoms with Gasteiger partial charge in [0.2, 0.25) is 17.7 Å². The molecule has 1 aromatic heterocycles. The number of halogens is 5. The zero-order valence-corrected chi connectivity index (χ0v) is 23.2. The maximum atomic E-state index is 15.4. The molecule has 0 unspecified atom stereocenters. The topological polar surface area (TPSA) is 106 Å². The van der Waals surface area contributed by atoms with Gasteiger partial charge in [-0.1, -0.05) is 35.9 Å². The van der Waals surface area contributed by atoms with E-state index in [9.17, 15) is 32.8 Å². The van der Waals surface area contributed by atoms with Crippen molar-refractivity contribution < 1.29 is 31.9 Å². The van der Waals surface area contributed by atoms with Gasteiger partial charge in [-0.25, -0.2) is 22.5 Å². The van der Waals surface area contributed by atoms with Gasteiger partial charge in [-0.15, -0.1) is 0 Å². The molecule has 1 saturated carbocycles. The lowest BCUT2D eigenvalue weighted by molar-refractivity contribution is -0.133. The predicted octanol–water partition coefficient (Wildman–Crippen LogP) is 5.46. The average molecular weight is 614 g/mol. The number of carbonyl (C=O) groups excluding carboxylic acids is 3. The van der Waals surface area contributed by atoms with E-state index in [0.717, 1.165) is 23.1 Å². The van der Waals surface area contributed by atoms with Crippen LogP contribution in [0.1, 0.15) is 49.3 Å². The van der Waals surface area contributed by atoms with E-state index in [-0.39, 0.29) is 40.7 Å². The van der Waals surface area contributed by atoms with Crippen molar-refractivity contribution >= 4 is 40.8 Å². The van der Waals surface area contributed by atoms with E-state index in [4.69, 9.17) is 11.6 Å². The number of nitriles is 1. The van der Waals surface area contributed by atoms with Crippen LogP contribution < -0.4 is 15.1 Å². The molecule has 13 heteroatoms. The van der Waals surface area contributed by atoms with Crippen molar-refractivity contribution in [2.75, 3.05) is 9.80 Å². The zero-order valence-electron chi connectivity index (χ0n) is 22.4. The summed E-state index contributed by atoms with van der Waals surface area (Å²) in [4.78, 5) is 46.9. The van der Waals surface area contributed by atoms with Gasteiger partial charge in [0.25, 0.3) is 5.92 Å². The van der Waals surface area contributed by atoms with Crippen LogP contribution in [0.3, 0.4) is 0 Å². The van der Waals surface area contributed by atoms with Gasteiger partial charge in [0.15, 0.2) is 11.6 Å². The second-order valence-corrected chi connectivity index (χ2v) is 10.8. The van der Waals surface area contributed by atoms with Gasteiger partial charge in [-0.2, -0.15) is 5.26 Å². The van der Waals surface area contributed by atoms with Crippen LogP contribution in [-0.4, -0.2) is 40.7 Å². The first-order valence-corrected chi connectivity index (χ1v) is 13.7. The number of alkyl halides is 2. The van der Waals surface area contributed by atoms with Crippen molar-refractivity contribution in [2.45, 2.75) is 56.2 Å². The van der Waals surface area contributed by atoms with Gasteiger partial charge in [-0.05, 0) is 36.8 Å². The fraction of sp³-hybridized carbons (Fsp3) is 0.300. The Morgan fingerprint density at radius 2 is 1.91 bits per heavy atom. The fourth-order valence-electron chi connectivity index (χ4n) is 5.40. The summed E-state index contributed by atoms with van der Waals surface area (Å²) in [6, 6.07) is 10.4. The molecule has 2 heterocycles. The summed E-state index contributed by atoms with van der Waals surface area (Å²) in [5.74, 6) is -7.69. The van der Waals surface area contributed by atoms with Gasteiger partial charge < -0.3 is 5.32 Å². The number of nitrogens with zero attached hydrogens (tertiary/aromatic N) is 4. The molecular weight excluding hydrogens is 590 g/mol. The van der Waals surface area contributed by atoms with Crippen LogP contribution in [0, 0.1) is 23.0 Å². The average Bonchev–Trinajstić information content (AvgIpc) is 3.32. The molecule has 2 aliphatic rings. The number of carbonyl (C=O) groups is 3. The van der Waals surface area contributed by atoms with Crippen molar-refractivity contribution in [3.63, 3.8) is 0 Å². The fourth-order valence-corrected chi connectivity index (χ4v) is 5.64. The molecule has 1 aliphatic heterocycles. The molecule has 5 rings (SSSR count). The third kappa shape index (κ3) is 6.17. The highest BCUT2D eigenvalue weighted by Gasteiger charge is 2.48. The molecule has 1 N–H and O–H groups in total. The summed E-state index contributed by atoms with van der Waals surface area (Å²) in [5.41, 5.74) is -0.299. The van der Waals surface area contributed by atoms with Crippen molar-refractivity contribution in [3.05, 3.63) is 88.6 Å². The quantitative estimate of drug-likeness (QED) is 0.340. The molecule has 0 spiro atoms. The standard InChI is InChI=1S/C30H24ClF4N5O3/c31-21-5-2-1-4-20(21)28(29(43)38-18-14-30(34,35)15-18)40(23-7-3-6-22(32)27(23)33)26(42)13-19-8-9-25(41)39(19)24-12-17(16-36)10-11-37-24/h1-7,10-12,18-19,28H,8-9,13-15H2,(H,38,43)/t19-,28-/m0/s1. The van der Waals surface area contributed by atoms with Crippen LogP contribution in [0.2, 0.25) is 5.02 Å². The van der Waals surface area contributed by atoms with Crippen LogP contribution >= 0.6 is 11.6 Å². The lowest BCUT2D eigenvalue weighted by Crippen LogP contribution is -2.54. The summed E-state index contributed by atoms with van der Waals surface area (Å²) < 4.78 is 57.0. The summed E-state index contributed by atoms with van der Waals surface area (Å²) >= 11 is 6.43. The van der Waals surface area contributed by atoms with E-state index in [1.807, 2.05) is 6.07 Å². The first-order chi connectivity index (χ1) is 20.5. The number of hydrogen-bond donors (Lipinski definition) is 1. The summed E-state index contributed by atoms with van der Waals surface area (Å²) in [7, 11) is 0. The van der Waals surface area contributed by atoms with Gasteiger partial charge in [0.1, 0.15) is 11.9 Å². The van der Waals surface area contributed by atoms with E-state index in [2.05, 4.69) is 10.3 Å². The van der Waals surface area contributed by atoms with E-state index >= 15 is 4.39 Å². The Labute approximate surface area is 248 Å². The Balaban J connectivity index is 1.56. The number of hydrogen-bond acceptors (Lipinski definition) is 5. The second-order valence-electron chi connectivity index (χ2n) is 10.4. The zero-order chi connectivity index (χ0) is 30.9. The first kappa shape index (κ1) is 30.0. The van der Waals surface area contributed by atoms with Gasteiger partial charge >= 0.3 is 0 Å². The lowest BCUT2D eigenvalue weighted by atomic mass is 9.87. The van der Waals surface area contributed by atoms with Gasteiger partial charge in [-0.3, -0.25) is 24.2 Å². The molecular formula is C30H24ClF4N5O3. The molecule has 3 amide bonds. The molecule has 222 valence electrons. The van der Waals surface area contributed by atoms with Crippen molar-refractivity contribution in [2.24, 2.45) is 0 Å². The summed E-state index contributed by atoms with van der Waals surface area (Å²) in [5, 5.41) is 11.8. The maximum Gasteiger partial charge on any atom is 0.252 e. The monoisotopic (exact) mass is 613 g/mol. The van der Waals surface area contributed by atoms with Crippen LogP contribution in [0.25, 0.3) is 0 Å². The molecule has 2 aromatic carbocycles. The first-order valence-electron chi connectivity index (χ1n) is 13.4. The normalized spacial score (nSPS) is 18.5. The van der Waals surface area contributed by atoms with Crippen molar-refractivity contribution in [1.29, 1.82) is 5.26 Å². The Bertz CT molecular complexity index is 1620. The van der Waals surface area contributed by atoms with Gasteiger partial charge in [0.05, 0.1) is 17.3 Å². The smallest absolute Gasteiger partial charge is 0.252 e. The largest absolute Gasteiger partial charge is 0.351 e. The second kappa shape index (κ2) is 12.0. The van der Waals surface area contributed by atoms with Crippen LogP contribution in [-0.2, 0) is 14.4 Å². The number of rotatable bonds is 8. The van der Waals surface area contributed by atoms with Crippen LogP contribution in [0.5, 0.6) is 0 Å². The number of aromatic nitrogens is 1.